The highest BCUT2D eigenvalue weighted by Crippen LogP contribution is 2.13. The number of nitrogens with one attached hydrogen (secondary N) is 1. The van der Waals surface area contributed by atoms with Crippen molar-refractivity contribution in [3.63, 3.8) is 0 Å². The molecule has 0 fully saturated rings. The fourth-order valence-corrected chi connectivity index (χ4v) is 1.57. The Morgan fingerprint density at radius 2 is 1.94 bits per heavy atom. The van der Waals surface area contributed by atoms with Crippen LogP contribution in [-0.4, -0.2) is 26.6 Å². The van der Waals surface area contributed by atoms with Crippen LogP contribution in [0, 0.1) is 0 Å². The van der Waals surface area contributed by atoms with Gasteiger partial charge < -0.3 is 11.1 Å². The summed E-state index contributed by atoms with van der Waals surface area (Å²) in [6.45, 7) is 0.128. The maximum absolute atomic E-state index is 11.0. The summed E-state index contributed by atoms with van der Waals surface area (Å²) in [7, 11) is -3.51. The van der Waals surface area contributed by atoms with Crippen LogP contribution in [0.15, 0.2) is 24.3 Å². The number of rotatable bonds is 5. The van der Waals surface area contributed by atoms with Crippen molar-refractivity contribution in [3.8, 4) is 0 Å². The third-order valence-corrected chi connectivity index (χ3v) is 2.67. The van der Waals surface area contributed by atoms with Crippen LogP contribution in [0.1, 0.15) is 10.4 Å². The third kappa shape index (κ3) is 3.87. The second-order valence-electron chi connectivity index (χ2n) is 3.20. The molecule has 0 heterocycles. The molecule has 5 N–H and O–H groups in total. The number of para-hydroxylation sites is 1. The molecule has 0 aliphatic rings. The second-order valence-corrected chi connectivity index (χ2v) is 4.94. The minimum Gasteiger partial charge on any atom is -0.383 e. The first-order valence-corrected chi connectivity index (χ1v) is 6.25. The fourth-order valence-electron chi connectivity index (χ4n) is 1.18. The minimum absolute atomic E-state index is 0.128. The number of hydrogen-bond acceptors (Lipinski definition) is 4. The Morgan fingerprint density at radius 1 is 1.31 bits per heavy atom. The molecule has 16 heavy (non-hydrogen) atoms. The monoisotopic (exact) mass is 243 g/mol. The van der Waals surface area contributed by atoms with Crippen LogP contribution in [0.25, 0.3) is 0 Å². The summed E-state index contributed by atoms with van der Waals surface area (Å²) in [4.78, 5) is 11.0. The topological polar surface area (TPSA) is 115 Å². The van der Waals surface area contributed by atoms with E-state index >= 15 is 0 Å². The summed E-state index contributed by atoms with van der Waals surface area (Å²) in [6.07, 6.45) is 0. The van der Waals surface area contributed by atoms with Gasteiger partial charge in [0.25, 0.3) is 5.91 Å². The van der Waals surface area contributed by atoms with E-state index in [4.69, 9.17) is 10.9 Å². The minimum atomic E-state index is -3.51. The van der Waals surface area contributed by atoms with Crippen LogP contribution in [0.5, 0.6) is 0 Å². The number of benzene rings is 1. The summed E-state index contributed by atoms with van der Waals surface area (Å²) in [5.41, 5.74) is 5.97. The number of hydrogen-bond donors (Lipinski definition) is 3. The maximum atomic E-state index is 11.0. The molecule has 0 bridgehead atoms. The molecule has 1 rings (SSSR count). The van der Waals surface area contributed by atoms with Crippen LogP contribution in [0.4, 0.5) is 5.69 Å². The zero-order chi connectivity index (χ0) is 12.2. The number of carbonyl (C=O) groups is 1. The van der Waals surface area contributed by atoms with Crippen LogP contribution in [0.3, 0.4) is 0 Å². The van der Waals surface area contributed by atoms with Crippen molar-refractivity contribution in [2.45, 2.75) is 0 Å². The smallest absolute Gasteiger partial charge is 0.250 e. The van der Waals surface area contributed by atoms with E-state index in [-0.39, 0.29) is 12.3 Å². The van der Waals surface area contributed by atoms with Gasteiger partial charge in [0, 0.05) is 12.2 Å². The SMILES string of the molecule is NC(=O)c1ccccc1NCCS(N)(=O)=O. The lowest BCUT2D eigenvalue weighted by molar-refractivity contribution is 0.100. The van der Waals surface area contributed by atoms with Gasteiger partial charge in [-0.25, -0.2) is 13.6 Å². The molecule has 0 saturated carbocycles. The molecule has 1 aromatic rings. The van der Waals surface area contributed by atoms with Crippen molar-refractivity contribution < 1.29 is 13.2 Å². The van der Waals surface area contributed by atoms with E-state index in [0.29, 0.717) is 11.3 Å². The molecule has 0 aromatic heterocycles. The molecule has 0 atom stereocenters. The van der Waals surface area contributed by atoms with E-state index in [0.717, 1.165) is 0 Å². The first-order chi connectivity index (χ1) is 7.40. The van der Waals surface area contributed by atoms with Crippen molar-refractivity contribution >= 4 is 21.6 Å². The van der Waals surface area contributed by atoms with Crippen molar-refractivity contribution in [2.24, 2.45) is 10.9 Å². The lowest BCUT2D eigenvalue weighted by Crippen LogP contribution is -2.23. The van der Waals surface area contributed by atoms with Gasteiger partial charge in [0.05, 0.1) is 11.3 Å². The van der Waals surface area contributed by atoms with Crippen molar-refractivity contribution in [1.82, 2.24) is 0 Å². The number of amides is 1. The molecule has 0 unspecified atom stereocenters. The van der Waals surface area contributed by atoms with Gasteiger partial charge in [0.1, 0.15) is 0 Å². The molecule has 0 aliphatic carbocycles. The molecule has 0 radical (unpaired) electrons. The Morgan fingerprint density at radius 3 is 2.50 bits per heavy atom. The Kier molecular flexibility index (Phi) is 3.86. The normalized spacial score (nSPS) is 11.1. The Labute approximate surface area is 93.7 Å². The molecule has 88 valence electrons. The van der Waals surface area contributed by atoms with E-state index in [1.165, 1.54) is 0 Å². The number of nitrogens with two attached hydrogens (primary N) is 2. The van der Waals surface area contributed by atoms with Gasteiger partial charge in [-0.05, 0) is 12.1 Å². The van der Waals surface area contributed by atoms with Gasteiger partial charge >= 0.3 is 0 Å². The Bertz CT molecular complexity index is 485. The highest BCUT2D eigenvalue weighted by Gasteiger charge is 2.07. The van der Waals surface area contributed by atoms with Crippen LogP contribution < -0.4 is 16.2 Å². The summed E-state index contributed by atoms with van der Waals surface area (Å²) >= 11 is 0. The molecule has 0 aliphatic heterocycles. The van der Waals surface area contributed by atoms with E-state index in [1.54, 1.807) is 24.3 Å². The third-order valence-electron chi connectivity index (χ3n) is 1.89. The van der Waals surface area contributed by atoms with E-state index < -0.39 is 15.9 Å². The molecule has 7 heteroatoms. The number of primary amides is 1. The highest BCUT2D eigenvalue weighted by atomic mass is 32.2. The fraction of sp³-hybridized carbons (Fsp3) is 0.222. The average molecular weight is 243 g/mol. The number of primary sulfonamides is 1. The van der Waals surface area contributed by atoms with Gasteiger partial charge in [-0.15, -0.1) is 0 Å². The zero-order valence-electron chi connectivity index (χ0n) is 8.51. The maximum Gasteiger partial charge on any atom is 0.250 e. The molecule has 0 saturated heterocycles. The predicted molar refractivity (Wildman–Crippen MR) is 61.4 cm³/mol. The quantitative estimate of drug-likeness (QED) is 0.645. The molecular weight excluding hydrogens is 230 g/mol. The van der Waals surface area contributed by atoms with E-state index in [9.17, 15) is 13.2 Å². The molecule has 6 nitrogen and oxygen atoms in total. The van der Waals surface area contributed by atoms with Gasteiger partial charge in [-0.3, -0.25) is 4.79 Å². The van der Waals surface area contributed by atoms with Crippen molar-refractivity contribution in [2.75, 3.05) is 17.6 Å². The first kappa shape index (κ1) is 12.5. The van der Waals surface area contributed by atoms with Gasteiger partial charge in [-0.1, -0.05) is 12.1 Å². The Balaban J connectivity index is 2.71. The molecule has 1 amide bonds. The number of anilines is 1. The van der Waals surface area contributed by atoms with Crippen LogP contribution >= 0.6 is 0 Å². The van der Waals surface area contributed by atoms with E-state index in [2.05, 4.69) is 5.32 Å². The highest BCUT2D eigenvalue weighted by molar-refractivity contribution is 7.89. The second kappa shape index (κ2) is 4.95. The van der Waals surface area contributed by atoms with Crippen LogP contribution in [-0.2, 0) is 10.0 Å². The van der Waals surface area contributed by atoms with Crippen LogP contribution in [0.2, 0.25) is 0 Å². The zero-order valence-corrected chi connectivity index (χ0v) is 9.33. The summed E-state index contributed by atoms with van der Waals surface area (Å²) in [5.74, 6) is -0.779. The van der Waals surface area contributed by atoms with Crippen molar-refractivity contribution in [3.05, 3.63) is 29.8 Å². The molecule has 0 spiro atoms. The van der Waals surface area contributed by atoms with E-state index in [1.807, 2.05) is 0 Å². The largest absolute Gasteiger partial charge is 0.383 e. The standard InChI is InChI=1S/C9H13N3O3S/c10-9(13)7-3-1-2-4-8(7)12-5-6-16(11,14)15/h1-4,12H,5-6H2,(H2,10,13)(H2,11,14,15). The number of sulfonamides is 1. The summed E-state index contributed by atoms with van der Waals surface area (Å²) in [5, 5.41) is 7.63. The Hall–Kier alpha value is -1.60. The summed E-state index contributed by atoms with van der Waals surface area (Å²) in [6, 6.07) is 6.58. The van der Waals surface area contributed by atoms with Gasteiger partial charge in [0.2, 0.25) is 10.0 Å². The summed E-state index contributed by atoms with van der Waals surface area (Å²) < 4.78 is 21.4. The predicted octanol–water partition coefficient (Wildman–Crippen LogP) is -0.514. The average Bonchev–Trinajstić information content (AvgIpc) is 2.16. The first-order valence-electron chi connectivity index (χ1n) is 4.53. The van der Waals surface area contributed by atoms with Gasteiger partial charge in [-0.2, -0.15) is 0 Å². The number of carbonyl (C=O) groups excluding carboxylic acids is 1. The lowest BCUT2D eigenvalue weighted by Gasteiger charge is -2.08. The molecular formula is C9H13N3O3S. The van der Waals surface area contributed by atoms with Gasteiger partial charge in [0.15, 0.2) is 0 Å². The lowest BCUT2D eigenvalue weighted by atomic mass is 10.1. The van der Waals surface area contributed by atoms with Crippen molar-refractivity contribution in [1.29, 1.82) is 0 Å². The molecule has 1 aromatic carbocycles.